The number of allylic oxidation sites excluding steroid dienone is 1. The predicted octanol–water partition coefficient (Wildman–Crippen LogP) is 1.15. The highest BCUT2D eigenvalue weighted by Crippen LogP contribution is 2.19. The minimum atomic E-state index is 0.0433. The Balaban J connectivity index is 1.98. The van der Waals surface area contributed by atoms with E-state index in [1.165, 1.54) is 5.57 Å². The monoisotopic (exact) mass is 236 g/mol. The Morgan fingerprint density at radius 3 is 3.06 bits per heavy atom. The van der Waals surface area contributed by atoms with Crippen molar-refractivity contribution < 1.29 is 4.74 Å². The van der Waals surface area contributed by atoms with Crippen molar-refractivity contribution in [1.82, 2.24) is 19.7 Å². The van der Waals surface area contributed by atoms with Crippen LogP contribution in [0.5, 0.6) is 0 Å². The molecular formula is C12H20N4O. The molecule has 2 rings (SSSR count). The molecule has 1 aromatic heterocycles. The molecule has 0 N–H and O–H groups in total. The third-order valence-corrected chi connectivity index (χ3v) is 2.94. The molecular weight excluding hydrogens is 216 g/mol. The fraction of sp³-hybridized carbons (Fsp3) is 0.667. The SMILES string of the molecule is CC(C)=CCN1CCOC(c2nncn2C)C1. The molecule has 1 unspecified atom stereocenters. The first-order valence-electron chi connectivity index (χ1n) is 5.98. The van der Waals surface area contributed by atoms with Crippen molar-refractivity contribution in [2.75, 3.05) is 26.2 Å². The average Bonchev–Trinajstić information content (AvgIpc) is 2.73. The zero-order valence-corrected chi connectivity index (χ0v) is 10.8. The van der Waals surface area contributed by atoms with Gasteiger partial charge >= 0.3 is 0 Å². The summed E-state index contributed by atoms with van der Waals surface area (Å²) in [4.78, 5) is 2.38. The fourth-order valence-electron chi connectivity index (χ4n) is 1.92. The molecule has 5 heteroatoms. The lowest BCUT2D eigenvalue weighted by atomic mass is 10.2. The summed E-state index contributed by atoms with van der Waals surface area (Å²) < 4.78 is 7.68. The molecule has 1 aromatic rings. The molecule has 1 aliphatic rings. The number of hydrogen-bond acceptors (Lipinski definition) is 4. The van der Waals surface area contributed by atoms with Crippen molar-refractivity contribution in [3.05, 3.63) is 23.8 Å². The number of aryl methyl sites for hydroxylation is 1. The van der Waals surface area contributed by atoms with Crippen LogP contribution in [0.3, 0.4) is 0 Å². The first-order valence-corrected chi connectivity index (χ1v) is 5.98. The number of hydrogen-bond donors (Lipinski definition) is 0. The second kappa shape index (κ2) is 5.42. The molecule has 94 valence electrons. The number of morpholine rings is 1. The molecule has 0 aromatic carbocycles. The van der Waals surface area contributed by atoms with Gasteiger partial charge in [-0.25, -0.2) is 0 Å². The highest BCUT2D eigenvalue weighted by atomic mass is 16.5. The van der Waals surface area contributed by atoms with Gasteiger partial charge in [-0.2, -0.15) is 0 Å². The summed E-state index contributed by atoms with van der Waals surface area (Å²) in [7, 11) is 1.95. The maximum absolute atomic E-state index is 5.75. The van der Waals surface area contributed by atoms with Crippen molar-refractivity contribution in [2.24, 2.45) is 7.05 Å². The van der Waals surface area contributed by atoms with Gasteiger partial charge in [0.2, 0.25) is 0 Å². The smallest absolute Gasteiger partial charge is 0.163 e. The van der Waals surface area contributed by atoms with Crippen LogP contribution < -0.4 is 0 Å². The van der Waals surface area contributed by atoms with Crippen molar-refractivity contribution in [2.45, 2.75) is 20.0 Å². The Labute approximate surface area is 102 Å². The molecule has 5 nitrogen and oxygen atoms in total. The van der Waals surface area contributed by atoms with E-state index in [0.717, 1.165) is 32.1 Å². The van der Waals surface area contributed by atoms with Crippen LogP contribution in [0.15, 0.2) is 18.0 Å². The standard InChI is InChI=1S/C12H20N4O/c1-10(2)4-5-16-6-7-17-11(8-16)12-14-13-9-15(12)3/h4,9,11H,5-8H2,1-3H3. The van der Waals surface area contributed by atoms with Gasteiger partial charge in [0.25, 0.3) is 0 Å². The van der Waals surface area contributed by atoms with E-state index in [4.69, 9.17) is 4.74 Å². The van der Waals surface area contributed by atoms with Gasteiger partial charge in [-0.15, -0.1) is 10.2 Å². The summed E-state index contributed by atoms with van der Waals surface area (Å²) in [6, 6.07) is 0. The molecule has 1 saturated heterocycles. The van der Waals surface area contributed by atoms with E-state index in [1.54, 1.807) is 6.33 Å². The number of ether oxygens (including phenoxy) is 1. The number of nitrogens with zero attached hydrogens (tertiary/aromatic N) is 4. The third kappa shape index (κ3) is 3.14. The molecule has 1 aliphatic heterocycles. The van der Waals surface area contributed by atoms with Crippen LogP contribution in [0.2, 0.25) is 0 Å². The van der Waals surface area contributed by atoms with Crippen LogP contribution in [0.1, 0.15) is 25.8 Å². The van der Waals surface area contributed by atoms with E-state index in [-0.39, 0.29) is 6.10 Å². The van der Waals surface area contributed by atoms with E-state index in [9.17, 15) is 0 Å². The maximum atomic E-state index is 5.75. The Kier molecular flexibility index (Phi) is 3.91. The lowest BCUT2D eigenvalue weighted by molar-refractivity contribution is -0.0319. The zero-order valence-electron chi connectivity index (χ0n) is 10.8. The van der Waals surface area contributed by atoms with Gasteiger partial charge in [0.05, 0.1) is 6.61 Å². The Morgan fingerprint density at radius 1 is 1.59 bits per heavy atom. The molecule has 0 radical (unpaired) electrons. The fourth-order valence-corrected chi connectivity index (χ4v) is 1.92. The molecule has 2 heterocycles. The average molecular weight is 236 g/mol. The quantitative estimate of drug-likeness (QED) is 0.739. The third-order valence-electron chi connectivity index (χ3n) is 2.94. The van der Waals surface area contributed by atoms with Gasteiger partial charge in [-0.1, -0.05) is 11.6 Å². The van der Waals surface area contributed by atoms with E-state index in [1.807, 2.05) is 11.6 Å². The normalized spacial score (nSPS) is 21.5. The van der Waals surface area contributed by atoms with Crippen LogP contribution in [0, 0.1) is 0 Å². The van der Waals surface area contributed by atoms with E-state index >= 15 is 0 Å². The van der Waals surface area contributed by atoms with Crippen molar-refractivity contribution in [3.63, 3.8) is 0 Å². The van der Waals surface area contributed by atoms with Crippen LogP contribution in [-0.2, 0) is 11.8 Å². The van der Waals surface area contributed by atoms with Crippen LogP contribution in [0.25, 0.3) is 0 Å². The summed E-state index contributed by atoms with van der Waals surface area (Å²) in [5.41, 5.74) is 1.35. The van der Waals surface area contributed by atoms with E-state index in [2.05, 4.69) is 35.0 Å². The summed E-state index contributed by atoms with van der Waals surface area (Å²) in [6.07, 6.45) is 4.01. The van der Waals surface area contributed by atoms with E-state index < -0.39 is 0 Å². The maximum Gasteiger partial charge on any atom is 0.163 e. The van der Waals surface area contributed by atoms with Crippen LogP contribution in [0.4, 0.5) is 0 Å². The molecule has 17 heavy (non-hydrogen) atoms. The molecule has 1 atom stereocenters. The first-order chi connectivity index (χ1) is 8.16. The van der Waals surface area contributed by atoms with Crippen molar-refractivity contribution in [1.29, 1.82) is 0 Å². The highest BCUT2D eigenvalue weighted by Gasteiger charge is 2.24. The lowest BCUT2D eigenvalue weighted by Gasteiger charge is -2.31. The topological polar surface area (TPSA) is 43.2 Å². The van der Waals surface area contributed by atoms with Crippen molar-refractivity contribution in [3.8, 4) is 0 Å². The van der Waals surface area contributed by atoms with Gasteiger partial charge in [-0.05, 0) is 13.8 Å². The van der Waals surface area contributed by atoms with Gasteiger partial charge in [-0.3, -0.25) is 4.90 Å². The Morgan fingerprint density at radius 2 is 2.41 bits per heavy atom. The predicted molar refractivity (Wildman–Crippen MR) is 65.6 cm³/mol. The van der Waals surface area contributed by atoms with Gasteiger partial charge in [0.15, 0.2) is 5.82 Å². The van der Waals surface area contributed by atoms with Gasteiger partial charge < -0.3 is 9.30 Å². The summed E-state index contributed by atoms with van der Waals surface area (Å²) in [5, 5.41) is 8.01. The Bertz CT molecular complexity index is 395. The molecule has 0 aliphatic carbocycles. The Hall–Kier alpha value is -1.20. The largest absolute Gasteiger partial charge is 0.368 e. The lowest BCUT2D eigenvalue weighted by Crippen LogP contribution is -2.39. The molecule has 0 spiro atoms. The minimum Gasteiger partial charge on any atom is -0.368 e. The zero-order chi connectivity index (χ0) is 12.3. The molecule has 0 amide bonds. The summed E-state index contributed by atoms with van der Waals surface area (Å²) >= 11 is 0. The van der Waals surface area contributed by atoms with Crippen LogP contribution in [-0.4, -0.2) is 45.9 Å². The van der Waals surface area contributed by atoms with Crippen LogP contribution >= 0.6 is 0 Å². The minimum absolute atomic E-state index is 0.0433. The highest BCUT2D eigenvalue weighted by molar-refractivity contribution is 4.98. The summed E-state index contributed by atoms with van der Waals surface area (Å²) in [6.45, 7) is 7.86. The second-order valence-electron chi connectivity index (χ2n) is 4.70. The molecule has 0 bridgehead atoms. The van der Waals surface area contributed by atoms with Crippen molar-refractivity contribution >= 4 is 0 Å². The first kappa shape index (κ1) is 12.3. The second-order valence-corrected chi connectivity index (χ2v) is 4.70. The summed E-state index contributed by atoms with van der Waals surface area (Å²) in [5.74, 6) is 0.909. The van der Waals surface area contributed by atoms with Gasteiger partial charge in [0.1, 0.15) is 12.4 Å². The molecule has 1 fully saturated rings. The van der Waals surface area contributed by atoms with Gasteiger partial charge in [0, 0.05) is 26.7 Å². The van der Waals surface area contributed by atoms with E-state index in [0.29, 0.717) is 0 Å². The number of rotatable bonds is 3. The number of aromatic nitrogens is 3. The molecule has 0 saturated carbocycles.